The van der Waals surface area contributed by atoms with Crippen LogP contribution in [-0.2, 0) is 0 Å². The number of aryl methyl sites for hydroxylation is 1. The summed E-state index contributed by atoms with van der Waals surface area (Å²) in [6.45, 7) is 9.91. The second kappa shape index (κ2) is 9.03. The van der Waals surface area contributed by atoms with Gasteiger partial charge in [0.05, 0.1) is 17.0 Å². The van der Waals surface area contributed by atoms with E-state index in [1.807, 2.05) is 34.6 Å². The fourth-order valence-corrected chi connectivity index (χ4v) is 4.19. The molecule has 0 radical (unpaired) electrons. The first-order valence-electron chi connectivity index (χ1n) is 11.1. The van der Waals surface area contributed by atoms with Gasteiger partial charge in [0.2, 0.25) is 0 Å². The van der Waals surface area contributed by atoms with Crippen molar-refractivity contribution < 1.29 is 20.1 Å². The number of nitrogens with zero attached hydrogens (tertiary/aromatic N) is 1. The van der Waals surface area contributed by atoms with Gasteiger partial charge in [0, 0.05) is 34.2 Å². The molecular weight excluding hydrogens is 440 g/mol. The standard InChI is InChI=1S/C29H26N2O4/c1-15-16(2)27(30-18(15)4)26(22-12-23(32)14-24(33)13-22)28-17(3)25(19(5)31-28)11-8-20-6-9-21(10-7-20)29(34)35/h6-7,9-10,12-14,31-33H,1-5H3,(H,34,35)/b27-26-. The van der Waals surface area contributed by atoms with Gasteiger partial charge in [0.1, 0.15) is 11.5 Å². The molecule has 176 valence electrons. The third-order valence-corrected chi connectivity index (χ3v) is 6.32. The summed E-state index contributed by atoms with van der Waals surface area (Å²) in [5.41, 5.74) is 9.54. The molecule has 2 aromatic carbocycles. The number of hydrogen-bond donors (Lipinski definition) is 4. The number of rotatable bonds is 3. The van der Waals surface area contributed by atoms with E-state index in [4.69, 9.17) is 10.1 Å². The summed E-state index contributed by atoms with van der Waals surface area (Å²) in [6, 6.07) is 10.9. The Morgan fingerprint density at radius 3 is 2.03 bits per heavy atom. The number of aromatic nitrogens is 1. The van der Waals surface area contributed by atoms with Gasteiger partial charge >= 0.3 is 5.97 Å². The van der Waals surface area contributed by atoms with E-state index in [2.05, 4.69) is 16.8 Å². The Morgan fingerprint density at radius 1 is 0.857 bits per heavy atom. The zero-order chi connectivity index (χ0) is 25.4. The van der Waals surface area contributed by atoms with Crippen LogP contribution < -0.4 is 0 Å². The third kappa shape index (κ3) is 4.49. The summed E-state index contributed by atoms with van der Waals surface area (Å²) in [5.74, 6) is 5.27. The predicted octanol–water partition coefficient (Wildman–Crippen LogP) is 5.71. The Bertz CT molecular complexity index is 1500. The van der Waals surface area contributed by atoms with E-state index in [1.54, 1.807) is 24.3 Å². The molecule has 0 unspecified atom stereocenters. The van der Waals surface area contributed by atoms with Crippen LogP contribution in [0.2, 0.25) is 0 Å². The number of phenolic OH excluding ortho intramolecular Hbond substituents is 2. The number of carboxylic acids is 1. The normalized spacial score (nSPS) is 14.5. The number of nitrogens with one attached hydrogen (secondary N) is 1. The molecule has 0 atom stereocenters. The SMILES string of the molecule is CC1=N/C(=C(/c2cc(O)cc(O)c2)c2[nH]c(C)c(C#Cc3ccc(C(=O)O)cc3)c2C)C(C)=C1C. The molecule has 1 aliphatic rings. The number of allylic oxidation sites excluding steroid dienone is 2. The summed E-state index contributed by atoms with van der Waals surface area (Å²) in [6.07, 6.45) is 0. The summed E-state index contributed by atoms with van der Waals surface area (Å²) in [4.78, 5) is 19.3. The van der Waals surface area contributed by atoms with Gasteiger partial charge in [-0.25, -0.2) is 4.79 Å². The highest BCUT2D eigenvalue weighted by Gasteiger charge is 2.24. The minimum atomic E-state index is -0.977. The van der Waals surface area contributed by atoms with Gasteiger partial charge in [-0.15, -0.1) is 0 Å². The van der Waals surface area contributed by atoms with E-state index in [-0.39, 0.29) is 17.1 Å². The van der Waals surface area contributed by atoms with Crippen LogP contribution in [0.25, 0.3) is 5.57 Å². The van der Waals surface area contributed by atoms with E-state index in [9.17, 15) is 15.0 Å². The topological polar surface area (TPSA) is 106 Å². The molecule has 0 bridgehead atoms. The largest absolute Gasteiger partial charge is 0.508 e. The van der Waals surface area contributed by atoms with Crippen molar-refractivity contribution in [1.29, 1.82) is 0 Å². The molecule has 1 aliphatic heterocycles. The fourth-order valence-electron chi connectivity index (χ4n) is 4.19. The van der Waals surface area contributed by atoms with Crippen LogP contribution in [0.1, 0.15) is 64.8 Å². The number of aromatic hydroxyl groups is 2. The second-order valence-electron chi connectivity index (χ2n) is 8.67. The summed E-state index contributed by atoms with van der Waals surface area (Å²) >= 11 is 0. The van der Waals surface area contributed by atoms with Crippen LogP contribution in [-0.4, -0.2) is 32.0 Å². The molecule has 35 heavy (non-hydrogen) atoms. The Balaban J connectivity index is 1.89. The Labute approximate surface area is 204 Å². The lowest BCUT2D eigenvalue weighted by atomic mass is 9.94. The number of aromatic carboxylic acids is 1. The first kappa shape index (κ1) is 23.7. The third-order valence-electron chi connectivity index (χ3n) is 6.32. The number of benzene rings is 2. The molecule has 3 aromatic rings. The number of hydrogen-bond acceptors (Lipinski definition) is 4. The van der Waals surface area contributed by atoms with Gasteiger partial charge in [-0.05, 0) is 93.3 Å². The summed E-state index contributed by atoms with van der Waals surface area (Å²) in [5, 5.41) is 29.5. The van der Waals surface area contributed by atoms with Gasteiger partial charge in [0.25, 0.3) is 0 Å². The molecule has 0 aliphatic carbocycles. The molecule has 0 saturated heterocycles. The molecule has 1 aromatic heterocycles. The second-order valence-corrected chi connectivity index (χ2v) is 8.67. The van der Waals surface area contributed by atoms with E-state index in [0.29, 0.717) is 11.1 Å². The first-order valence-corrected chi connectivity index (χ1v) is 11.1. The number of aliphatic imine (C=N–C) groups is 1. The van der Waals surface area contributed by atoms with Gasteiger partial charge in [-0.3, -0.25) is 4.99 Å². The van der Waals surface area contributed by atoms with Crippen molar-refractivity contribution in [2.45, 2.75) is 34.6 Å². The quantitative estimate of drug-likeness (QED) is 0.371. The van der Waals surface area contributed by atoms with Crippen molar-refractivity contribution in [1.82, 2.24) is 4.98 Å². The first-order chi connectivity index (χ1) is 16.6. The number of phenols is 2. The van der Waals surface area contributed by atoms with Crippen molar-refractivity contribution >= 4 is 17.3 Å². The Kier molecular flexibility index (Phi) is 6.10. The van der Waals surface area contributed by atoms with Crippen LogP contribution in [0.4, 0.5) is 0 Å². The molecule has 0 spiro atoms. The van der Waals surface area contributed by atoms with E-state index >= 15 is 0 Å². The van der Waals surface area contributed by atoms with Gasteiger partial charge < -0.3 is 20.3 Å². The van der Waals surface area contributed by atoms with Crippen molar-refractivity contribution in [3.8, 4) is 23.3 Å². The minimum Gasteiger partial charge on any atom is -0.508 e. The molecule has 4 rings (SSSR count). The lowest BCUT2D eigenvalue weighted by Crippen LogP contribution is -1.97. The number of carboxylic acid groups (broad SMARTS) is 1. The lowest BCUT2D eigenvalue weighted by Gasteiger charge is -2.13. The lowest BCUT2D eigenvalue weighted by molar-refractivity contribution is 0.0697. The monoisotopic (exact) mass is 466 g/mol. The molecule has 0 amide bonds. The van der Waals surface area contributed by atoms with E-state index < -0.39 is 5.97 Å². The summed E-state index contributed by atoms with van der Waals surface area (Å²) in [7, 11) is 0. The van der Waals surface area contributed by atoms with Crippen LogP contribution in [0.3, 0.4) is 0 Å². The Morgan fingerprint density at radius 2 is 1.49 bits per heavy atom. The number of aromatic amines is 1. The van der Waals surface area contributed by atoms with Crippen LogP contribution in [0, 0.1) is 25.7 Å². The van der Waals surface area contributed by atoms with Gasteiger partial charge in [-0.2, -0.15) is 0 Å². The predicted molar refractivity (Wildman–Crippen MR) is 137 cm³/mol. The molecular formula is C29H26N2O4. The Hall–Kier alpha value is -4.50. The highest BCUT2D eigenvalue weighted by Crippen LogP contribution is 2.39. The minimum absolute atomic E-state index is 0.0408. The van der Waals surface area contributed by atoms with Gasteiger partial charge in [-0.1, -0.05) is 11.8 Å². The maximum atomic E-state index is 11.1. The molecule has 6 nitrogen and oxygen atoms in total. The van der Waals surface area contributed by atoms with Crippen LogP contribution >= 0.6 is 0 Å². The van der Waals surface area contributed by atoms with Crippen molar-refractivity contribution in [3.05, 3.63) is 98.5 Å². The molecule has 0 saturated carbocycles. The molecule has 6 heteroatoms. The maximum absolute atomic E-state index is 11.1. The molecule has 4 N–H and O–H groups in total. The van der Waals surface area contributed by atoms with Crippen molar-refractivity contribution in [3.63, 3.8) is 0 Å². The smallest absolute Gasteiger partial charge is 0.335 e. The molecule has 2 heterocycles. The molecule has 0 fully saturated rings. The van der Waals surface area contributed by atoms with Crippen LogP contribution in [0.15, 0.2) is 64.3 Å². The average molecular weight is 467 g/mol. The maximum Gasteiger partial charge on any atom is 0.335 e. The summed E-state index contributed by atoms with van der Waals surface area (Å²) < 4.78 is 0. The van der Waals surface area contributed by atoms with Crippen molar-refractivity contribution in [2.24, 2.45) is 4.99 Å². The highest BCUT2D eigenvalue weighted by atomic mass is 16.4. The number of H-pyrrole nitrogens is 1. The zero-order valence-corrected chi connectivity index (χ0v) is 20.2. The van der Waals surface area contributed by atoms with E-state index in [1.165, 1.54) is 18.2 Å². The number of carbonyl (C=O) groups is 1. The van der Waals surface area contributed by atoms with Gasteiger partial charge in [0.15, 0.2) is 0 Å². The average Bonchev–Trinajstić information content (AvgIpc) is 3.22. The fraction of sp³-hybridized carbons (Fsp3) is 0.172. The highest BCUT2D eigenvalue weighted by molar-refractivity contribution is 6.05. The van der Waals surface area contributed by atoms with Crippen molar-refractivity contribution in [2.75, 3.05) is 0 Å². The van der Waals surface area contributed by atoms with E-state index in [0.717, 1.165) is 50.6 Å². The zero-order valence-electron chi connectivity index (χ0n) is 20.2. The van der Waals surface area contributed by atoms with Crippen LogP contribution in [0.5, 0.6) is 11.5 Å².